The van der Waals surface area contributed by atoms with E-state index in [2.05, 4.69) is 30.6 Å². The van der Waals surface area contributed by atoms with Gasteiger partial charge >= 0.3 is 0 Å². The van der Waals surface area contributed by atoms with E-state index in [0.29, 0.717) is 32.0 Å². The number of nitroso groups, excluding NO2 is 1. The number of anilines is 2. The highest BCUT2D eigenvalue weighted by atomic mass is 19.1. The van der Waals surface area contributed by atoms with Gasteiger partial charge in [0.1, 0.15) is 17.8 Å². The van der Waals surface area contributed by atoms with Crippen molar-refractivity contribution in [2.45, 2.75) is 50.2 Å². The van der Waals surface area contributed by atoms with Crippen molar-refractivity contribution < 1.29 is 18.4 Å². The third-order valence-corrected chi connectivity index (χ3v) is 8.87. The molecule has 1 aromatic rings. The first-order valence-electron chi connectivity index (χ1n) is 14.1. The number of piperidine rings is 2. The molecule has 220 valence electrons. The number of rotatable bonds is 7. The third-order valence-electron chi connectivity index (χ3n) is 8.87. The van der Waals surface area contributed by atoms with E-state index in [1.807, 2.05) is 4.90 Å². The van der Waals surface area contributed by atoms with Crippen molar-refractivity contribution in [1.82, 2.24) is 25.0 Å². The number of hydrogen-bond donors (Lipinski definition) is 3. The molecule has 6 heterocycles. The van der Waals surface area contributed by atoms with Crippen LogP contribution < -0.4 is 21.3 Å². The highest BCUT2D eigenvalue weighted by Gasteiger charge is 2.41. The lowest BCUT2D eigenvalue weighted by molar-refractivity contribution is -0.138. The minimum Gasteiger partial charge on any atom is -0.367 e. The van der Waals surface area contributed by atoms with Gasteiger partial charge in [0.15, 0.2) is 12.0 Å². The molecule has 0 spiro atoms. The van der Waals surface area contributed by atoms with Crippen LogP contribution in [0, 0.1) is 22.6 Å². The monoisotopic (exact) mass is 563 g/mol. The Balaban J connectivity index is 1.27. The molecule has 4 N–H and O–H groups in total. The Hall–Kier alpha value is -2.81. The van der Waals surface area contributed by atoms with Crippen molar-refractivity contribution in [3.63, 3.8) is 0 Å². The van der Waals surface area contributed by atoms with Gasteiger partial charge in [-0.25, -0.2) is 8.78 Å². The first kappa shape index (κ1) is 28.7. The molecule has 40 heavy (non-hydrogen) atoms. The predicted octanol–water partition coefficient (Wildman–Crippen LogP) is 0.549. The Morgan fingerprint density at radius 3 is 2.52 bits per heavy atom. The molecule has 1 aromatic heterocycles. The predicted molar refractivity (Wildman–Crippen MR) is 146 cm³/mol. The lowest BCUT2D eigenvalue weighted by Crippen LogP contribution is -2.62. The molecule has 0 aromatic carbocycles. The van der Waals surface area contributed by atoms with E-state index >= 15 is 4.39 Å². The number of fused-ring (bicyclic) bond motifs is 4. The highest BCUT2D eigenvalue weighted by Crippen LogP contribution is 2.34. The second-order valence-corrected chi connectivity index (χ2v) is 11.4. The van der Waals surface area contributed by atoms with Gasteiger partial charge in [0, 0.05) is 64.3 Å². The summed E-state index contributed by atoms with van der Waals surface area (Å²) in [4.78, 5) is 50.0. The largest absolute Gasteiger partial charge is 0.367 e. The van der Waals surface area contributed by atoms with E-state index in [4.69, 9.17) is 5.73 Å². The van der Waals surface area contributed by atoms with Crippen LogP contribution in [0.2, 0.25) is 0 Å². The maximum absolute atomic E-state index is 15.2. The fourth-order valence-electron chi connectivity index (χ4n) is 6.67. The van der Waals surface area contributed by atoms with E-state index in [1.165, 1.54) is 6.20 Å². The van der Waals surface area contributed by atoms with Gasteiger partial charge in [0.2, 0.25) is 11.8 Å². The average molecular weight is 564 g/mol. The fourth-order valence-corrected chi connectivity index (χ4v) is 6.67. The van der Waals surface area contributed by atoms with Gasteiger partial charge in [-0.1, -0.05) is 5.18 Å². The summed E-state index contributed by atoms with van der Waals surface area (Å²) in [7, 11) is 1.62. The van der Waals surface area contributed by atoms with Crippen LogP contribution in [0.1, 0.15) is 25.7 Å². The molecule has 0 saturated carbocycles. The summed E-state index contributed by atoms with van der Waals surface area (Å²) in [5, 5.41) is 8.48. The minimum absolute atomic E-state index is 0.00122. The highest BCUT2D eigenvalue weighted by molar-refractivity contribution is 5.96. The number of aromatic nitrogens is 1. The number of nitrogens with zero attached hydrogens (tertiary/aromatic N) is 6. The molecule has 4 unspecified atom stereocenters. The van der Waals surface area contributed by atoms with Gasteiger partial charge in [-0.05, 0) is 32.7 Å². The summed E-state index contributed by atoms with van der Waals surface area (Å²) in [6, 6.07) is 0.303. The Labute approximate surface area is 232 Å². The molecule has 5 fully saturated rings. The van der Waals surface area contributed by atoms with Crippen LogP contribution in [0.25, 0.3) is 0 Å². The lowest BCUT2D eigenvalue weighted by Gasteiger charge is -2.40. The molecule has 12 nitrogen and oxygen atoms in total. The summed E-state index contributed by atoms with van der Waals surface area (Å²) in [6.45, 7) is 4.70. The number of carbonyl (C=O) groups excluding carboxylic acids is 2. The molecule has 2 bridgehead atoms. The summed E-state index contributed by atoms with van der Waals surface area (Å²) in [5.74, 6) is -2.35. The van der Waals surface area contributed by atoms with Crippen LogP contribution in [0.5, 0.6) is 0 Å². The zero-order valence-corrected chi connectivity index (χ0v) is 22.8. The van der Waals surface area contributed by atoms with Crippen LogP contribution in [0.15, 0.2) is 17.6 Å². The molecule has 2 amide bonds. The molecule has 0 aliphatic carbocycles. The smallest absolute Gasteiger partial charge is 0.234 e. The maximum atomic E-state index is 15.2. The van der Waals surface area contributed by atoms with Crippen LogP contribution in [0.4, 0.5) is 20.2 Å². The van der Waals surface area contributed by atoms with E-state index in [-0.39, 0.29) is 36.3 Å². The van der Waals surface area contributed by atoms with Crippen molar-refractivity contribution >= 4 is 23.2 Å². The second kappa shape index (κ2) is 12.4. The first-order valence-corrected chi connectivity index (χ1v) is 14.1. The van der Waals surface area contributed by atoms with Gasteiger partial charge in [0.05, 0.1) is 24.2 Å². The average Bonchev–Trinajstić information content (AvgIpc) is 3.28. The molecule has 5 aliphatic heterocycles. The molecular weight excluding hydrogens is 524 g/mol. The van der Waals surface area contributed by atoms with Gasteiger partial charge in [-0.15, -0.1) is 4.91 Å². The molecule has 4 atom stereocenters. The van der Waals surface area contributed by atoms with E-state index < -0.39 is 36.1 Å². The molecule has 5 aliphatic rings. The van der Waals surface area contributed by atoms with E-state index in [0.717, 1.165) is 45.2 Å². The van der Waals surface area contributed by atoms with Crippen molar-refractivity contribution in [3.8, 4) is 0 Å². The van der Waals surface area contributed by atoms with E-state index in [9.17, 15) is 18.9 Å². The van der Waals surface area contributed by atoms with Crippen molar-refractivity contribution in [3.05, 3.63) is 23.1 Å². The minimum atomic E-state index is -1.41. The number of hydrogen-bond acceptors (Lipinski definition) is 10. The first-order chi connectivity index (χ1) is 19.3. The number of alkyl halides is 1. The van der Waals surface area contributed by atoms with Crippen LogP contribution >= 0.6 is 0 Å². The maximum Gasteiger partial charge on any atom is 0.234 e. The molecule has 14 heteroatoms. The summed E-state index contributed by atoms with van der Waals surface area (Å²) in [5.41, 5.74) is 6.22. The number of amides is 2. The second-order valence-electron chi connectivity index (χ2n) is 11.4. The lowest BCUT2D eigenvalue weighted by atomic mass is 9.93. The molecule has 6 rings (SSSR count). The molecule has 0 radical (unpaired) electrons. The molecular formula is C26H39F2N9O3. The SMILES string of the molecule is CN1CC(F)CNC1C(C(=O)Nc1cncc(F)c1N1CCC(C(=O)N2CCN3CCC2CC3)CC1)C(N)N=O. The number of halogens is 2. The van der Waals surface area contributed by atoms with Crippen LogP contribution in [-0.4, -0.2) is 115 Å². The van der Waals surface area contributed by atoms with Crippen molar-refractivity contribution in [2.24, 2.45) is 22.7 Å². The Morgan fingerprint density at radius 2 is 1.85 bits per heavy atom. The fraction of sp³-hybridized carbons (Fsp3) is 0.731. The summed E-state index contributed by atoms with van der Waals surface area (Å²) < 4.78 is 29.0. The standard InChI is InChI=1S/C26H39F2N9O3/c1-34-15-17(27)12-31-24(34)21(23(29)33-40)25(38)32-20-14-30-13-19(28)22(20)36-8-2-16(3-9-36)26(39)37-11-10-35-6-4-18(37)5-7-35/h13-14,16-18,21,23-24,31H,2-12,15,29H2,1H3,(H,32,38). The third kappa shape index (κ3) is 5.94. The Bertz CT molecular complexity index is 1080. The van der Waals surface area contributed by atoms with E-state index in [1.54, 1.807) is 11.9 Å². The zero-order chi connectivity index (χ0) is 28.4. The Kier molecular flexibility index (Phi) is 8.88. The van der Waals surface area contributed by atoms with Crippen molar-refractivity contribution in [2.75, 3.05) is 69.6 Å². The number of nitrogens with two attached hydrogens (primary N) is 1. The van der Waals surface area contributed by atoms with Gasteiger partial charge in [-0.2, -0.15) is 0 Å². The number of carbonyl (C=O) groups is 2. The molecule has 5 saturated heterocycles. The van der Waals surface area contributed by atoms with Crippen LogP contribution in [0.3, 0.4) is 0 Å². The topological polar surface area (TPSA) is 140 Å². The summed E-state index contributed by atoms with van der Waals surface area (Å²) >= 11 is 0. The summed E-state index contributed by atoms with van der Waals surface area (Å²) in [6.07, 6.45) is 2.33. The number of pyridine rings is 1. The van der Waals surface area contributed by atoms with Gasteiger partial charge < -0.3 is 25.8 Å². The van der Waals surface area contributed by atoms with Crippen molar-refractivity contribution in [1.29, 1.82) is 0 Å². The van der Waals surface area contributed by atoms with Gasteiger partial charge in [-0.3, -0.25) is 24.8 Å². The normalized spacial score (nSPS) is 29.5. The van der Waals surface area contributed by atoms with Gasteiger partial charge in [0.25, 0.3) is 0 Å². The zero-order valence-electron chi connectivity index (χ0n) is 22.8. The Morgan fingerprint density at radius 1 is 1.12 bits per heavy atom. The quantitative estimate of drug-likeness (QED) is 0.406. The number of nitrogens with one attached hydrogen (secondary N) is 2. The van der Waals surface area contributed by atoms with Crippen LogP contribution in [-0.2, 0) is 9.59 Å².